The minimum atomic E-state index is -1.20. The molecule has 8 nitrogen and oxygen atoms in total. The molecule has 0 aliphatic heterocycles. The van der Waals surface area contributed by atoms with Crippen molar-refractivity contribution in [2.75, 3.05) is 14.2 Å². The van der Waals surface area contributed by atoms with Crippen LogP contribution in [0.4, 0.5) is 5.69 Å². The number of carbonyl (C=O) groups excluding carboxylic acids is 2. The van der Waals surface area contributed by atoms with Crippen LogP contribution < -0.4 is 0 Å². The van der Waals surface area contributed by atoms with Crippen LogP contribution in [0.1, 0.15) is 16.8 Å². The van der Waals surface area contributed by atoms with Gasteiger partial charge in [0.15, 0.2) is 5.92 Å². The lowest BCUT2D eigenvalue weighted by atomic mass is 9.98. The molecule has 0 N–H and O–H groups in total. The summed E-state index contributed by atoms with van der Waals surface area (Å²) in [6.07, 6.45) is 1.22. The number of carbonyl (C=O) groups is 2. The molecule has 0 aromatic carbocycles. The molecule has 0 saturated carbocycles. The summed E-state index contributed by atoms with van der Waals surface area (Å²) in [7, 11) is 2.30. The van der Waals surface area contributed by atoms with Crippen molar-refractivity contribution in [1.82, 2.24) is 4.98 Å². The lowest BCUT2D eigenvalue weighted by molar-refractivity contribution is -0.386. The van der Waals surface area contributed by atoms with Gasteiger partial charge in [-0.3, -0.25) is 24.7 Å². The van der Waals surface area contributed by atoms with Crippen molar-refractivity contribution in [1.29, 1.82) is 0 Å². The number of aryl methyl sites for hydroxylation is 1. The molecule has 114 valence electrons. The van der Waals surface area contributed by atoms with Gasteiger partial charge in [-0.05, 0) is 13.8 Å². The summed E-state index contributed by atoms with van der Waals surface area (Å²) < 4.78 is 9.09. The van der Waals surface area contributed by atoms with Gasteiger partial charge in [0.2, 0.25) is 0 Å². The third kappa shape index (κ3) is 3.53. The van der Waals surface area contributed by atoms with Crippen LogP contribution in [0.3, 0.4) is 0 Å². The third-order valence-corrected chi connectivity index (χ3v) is 3.13. The highest BCUT2D eigenvalue weighted by Gasteiger charge is 2.31. The maximum Gasteiger partial charge on any atom is 0.320 e. The predicted octanol–water partition coefficient (Wildman–Crippen LogP) is 1.11. The first-order chi connectivity index (χ1) is 9.83. The molecular weight excluding hydrogens is 280 g/mol. The standard InChI is InChI=1S/C13H16N2O6/c1-7-6-14-10(8(2)11(7)15(18)19)5-9(12(16)20-3)13(17)21-4/h6,9H,5H2,1-4H3. The van der Waals surface area contributed by atoms with Crippen molar-refractivity contribution >= 4 is 17.6 Å². The van der Waals surface area contributed by atoms with E-state index in [4.69, 9.17) is 0 Å². The van der Waals surface area contributed by atoms with Gasteiger partial charge in [-0.15, -0.1) is 0 Å². The van der Waals surface area contributed by atoms with Crippen molar-refractivity contribution in [3.8, 4) is 0 Å². The molecule has 0 unspecified atom stereocenters. The summed E-state index contributed by atoms with van der Waals surface area (Å²) in [5.74, 6) is -2.74. The largest absolute Gasteiger partial charge is 0.468 e. The zero-order valence-electron chi connectivity index (χ0n) is 12.2. The molecule has 0 fully saturated rings. The van der Waals surface area contributed by atoms with Gasteiger partial charge < -0.3 is 9.47 Å². The number of methoxy groups -OCH3 is 2. The fourth-order valence-corrected chi connectivity index (χ4v) is 1.99. The number of nitro groups is 1. The number of hydrogen-bond acceptors (Lipinski definition) is 7. The molecule has 1 aromatic rings. The first-order valence-corrected chi connectivity index (χ1v) is 6.08. The van der Waals surface area contributed by atoms with E-state index in [0.717, 1.165) is 14.2 Å². The molecule has 1 rings (SSSR count). The SMILES string of the molecule is COC(=O)C(Cc1ncc(C)c([N+](=O)[O-])c1C)C(=O)OC. The van der Waals surface area contributed by atoms with Crippen LogP contribution in [-0.4, -0.2) is 36.1 Å². The van der Waals surface area contributed by atoms with Gasteiger partial charge in [0.1, 0.15) is 0 Å². The van der Waals surface area contributed by atoms with Gasteiger partial charge >= 0.3 is 11.9 Å². The fourth-order valence-electron chi connectivity index (χ4n) is 1.99. The molecule has 0 amide bonds. The Bertz CT molecular complexity index is 568. The quantitative estimate of drug-likeness (QED) is 0.346. The van der Waals surface area contributed by atoms with Crippen molar-refractivity contribution in [2.45, 2.75) is 20.3 Å². The Balaban J connectivity index is 3.22. The summed E-state index contributed by atoms with van der Waals surface area (Å²) in [5.41, 5.74) is 0.938. The molecule has 1 heterocycles. The smallest absolute Gasteiger partial charge is 0.320 e. The molecule has 0 saturated heterocycles. The molecule has 0 atom stereocenters. The van der Waals surface area contributed by atoms with Crippen molar-refractivity contribution in [2.24, 2.45) is 5.92 Å². The Labute approximate surface area is 121 Å². The lowest BCUT2D eigenvalue weighted by Gasteiger charge is -2.13. The van der Waals surface area contributed by atoms with Gasteiger partial charge in [-0.25, -0.2) is 0 Å². The summed E-state index contributed by atoms with van der Waals surface area (Å²) in [4.78, 5) is 37.9. The minimum absolute atomic E-state index is 0.0755. The fraction of sp³-hybridized carbons (Fsp3) is 0.462. The number of nitrogens with zero attached hydrogens (tertiary/aromatic N) is 2. The van der Waals surface area contributed by atoms with Gasteiger partial charge in [-0.1, -0.05) is 0 Å². The third-order valence-electron chi connectivity index (χ3n) is 3.13. The second-order valence-corrected chi connectivity index (χ2v) is 4.42. The van der Waals surface area contributed by atoms with E-state index in [1.54, 1.807) is 6.92 Å². The van der Waals surface area contributed by atoms with E-state index in [2.05, 4.69) is 14.5 Å². The number of rotatable bonds is 5. The van der Waals surface area contributed by atoms with Crippen LogP contribution in [-0.2, 0) is 25.5 Å². The molecule has 0 spiro atoms. The molecule has 0 radical (unpaired) electrons. The lowest BCUT2D eigenvalue weighted by Crippen LogP contribution is -2.29. The molecule has 1 aromatic heterocycles. The summed E-state index contributed by atoms with van der Waals surface area (Å²) in [5, 5.41) is 11.1. The van der Waals surface area contributed by atoms with Crippen molar-refractivity contribution in [3.63, 3.8) is 0 Å². The molecule has 21 heavy (non-hydrogen) atoms. The zero-order valence-corrected chi connectivity index (χ0v) is 12.2. The van der Waals surface area contributed by atoms with Crippen LogP contribution in [0.25, 0.3) is 0 Å². The second-order valence-electron chi connectivity index (χ2n) is 4.42. The predicted molar refractivity (Wildman–Crippen MR) is 71.6 cm³/mol. The van der Waals surface area contributed by atoms with Crippen LogP contribution in [0.2, 0.25) is 0 Å². The topological polar surface area (TPSA) is 109 Å². The molecule has 8 heteroatoms. The summed E-state index contributed by atoms with van der Waals surface area (Å²) in [6.45, 7) is 3.10. The number of pyridine rings is 1. The summed E-state index contributed by atoms with van der Waals surface area (Å²) in [6, 6.07) is 0. The molecule has 0 bridgehead atoms. The number of aromatic nitrogens is 1. The van der Waals surface area contributed by atoms with Gasteiger partial charge in [0.05, 0.1) is 24.8 Å². The number of ether oxygens (including phenoxy) is 2. The highest BCUT2D eigenvalue weighted by atomic mass is 16.6. The van der Waals surface area contributed by atoms with E-state index in [1.165, 1.54) is 13.1 Å². The van der Waals surface area contributed by atoms with Gasteiger partial charge in [-0.2, -0.15) is 0 Å². The van der Waals surface area contributed by atoms with E-state index in [0.29, 0.717) is 11.1 Å². The highest BCUT2D eigenvalue weighted by Crippen LogP contribution is 2.26. The Morgan fingerprint density at radius 3 is 2.24 bits per heavy atom. The van der Waals surface area contributed by atoms with Gasteiger partial charge in [0.25, 0.3) is 5.69 Å². The van der Waals surface area contributed by atoms with Crippen molar-refractivity contribution < 1.29 is 24.0 Å². The average molecular weight is 296 g/mol. The van der Waals surface area contributed by atoms with Crippen LogP contribution in [0.5, 0.6) is 0 Å². The second kappa shape index (κ2) is 6.78. The first kappa shape index (κ1) is 16.5. The average Bonchev–Trinajstić information content (AvgIpc) is 2.44. The van der Waals surface area contributed by atoms with E-state index < -0.39 is 22.8 Å². The first-order valence-electron chi connectivity index (χ1n) is 6.08. The molecule has 0 aliphatic rings. The maximum absolute atomic E-state index is 11.6. The summed E-state index contributed by atoms with van der Waals surface area (Å²) >= 11 is 0. The van der Waals surface area contributed by atoms with E-state index in [-0.39, 0.29) is 17.8 Å². The van der Waals surface area contributed by atoms with Crippen LogP contribution in [0, 0.1) is 29.9 Å². The normalized spacial score (nSPS) is 10.3. The van der Waals surface area contributed by atoms with Crippen LogP contribution in [0.15, 0.2) is 6.20 Å². The van der Waals surface area contributed by atoms with Gasteiger partial charge in [0, 0.05) is 23.7 Å². The Morgan fingerprint density at radius 1 is 1.29 bits per heavy atom. The van der Waals surface area contributed by atoms with E-state index in [1.807, 2.05) is 0 Å². The highest BCUT2D eigenvalue weighted by molar-refractivity contribution is 5.95. The Morgan fingerprint density at radius 2 is 1.81 bits per heavy atom. The number of esters is 2. The Hall–Kier alpha value is -2.51. The van der Waals surface area contributed by atoms with E-state index >= 15 is 0 Å². The van der Waals surface area contributed by atoms with Crippen LogP contribution >= 0.6 is 0 Å². The van der Waals surface area contributed by atoms with Crippen molar-refractivity contribution in [3.05, 3.63) is 33.1 Å². The monoisotopic (exact) mass is 296 g/mol. The minimum Gasteiger partial charge on any atom is -0.468 e. The molecular formula is C13H16N2O6. The Kier molecular flexibility index (Phi) is 5.34. The zero-order chi connectivity index (χ0) is 16.2. The maximum atomic E-state index is 11.6. The molecule has 0 aliphatic carbocycles. The van der Waals surface area contributed by atoms with E-state index in [9.17, 15) is 19.7 Å². The number of hydrogen-bond donors (Lipinski definition) is 0.